The normalized spacial score (nSPS) is 11.3. The Morgan fingerprint density at radius 2 is 1.78 bits per heavy atom. The molecule has 0 N–H and O–H groups in total. The second-order valence-corrected chi connectivity index (χ2v) is 7.28. The predicted octanol–water partition coefficient (Wildman–Crippen LogP) is 3.95. The number of rotatable bonds is 3. The first-order valence-electron chi connectivity index (χ1n) is 8.26. The van der Waals surface area contributed by atoms with Crippen molar-refractivity contribution in [2.24, 2.45) is 0 Å². The van der Waals surface area contributed by atoms with Crippen molar-refractivity contribution < 1.29 is 0 Å². The molecule has 0 saturated carbocycles. The highest BCUT2D eigenvalue weighted by Gasteiger charge is 2.14. The Kier molecular flexibility index (Phi) is 4.45. The smallest absolute Gasteiger partial charge is 0.283 e. The summed E-state index contributed by atoms with van der Waals surface area (Å²) in [5.74, 6) is 0. The maximum Gasteiger partial charge on any atom is 0.283 e. The third-order valence-electron chi connectivity index (χ3n) is 4.24. The van der Waals surface area contributed by atoms with Gasteiger partial charge in [0.05, 0.1) is 12.2 Å². The highest BCUT2D eigenvalue weighted by atomic mass is 35.5. The van der Waals surface area contributed by atoms with Crippen molar-refractivity contribution in [3.8, 4) is 5.69 Å². The average molecular weight is 400 g/mol. The highest BCUT2D eigenvalue weighted by molar-refractivity contribution is 6.35. The fourth-order valence-electron chi connectivity index (χ4n) is 3.04. The van der Waals surface area contributed by atoms with Crippen LogP contribution in [-0.4, -0.2) is 24.5 Å². The first-order chi connectivity index (χ1) is 12.9. The summed E-state index contributed by atoms with van der Waals surface area (Å²) >= 11 is 12.1. The van der Waals surface area contributed by atoms with E-state index in [1.165, 1.54) is 10.9 Å². The summed E-state index contributed by atoms with van der Waals surface area (Å²) in [5, 5.41) is 9.23. The van der Waals surface area contributed by atoms with E-state index in [-0.39, 0.29) is 17.6 Å². The van der Waals surface area contributed by atoms with Gasteiger partial charge in [0.25, 0.3) is 5.56 Å². The minimum atomic E-state index is -0.276. The van der Waals surface area contributed by atoms with Crippen molar-refractivity contribution >= 4 is 34.4 Å². The zero-order valence-electron chi connectivity index (χ0n) is 14.6. The lowest BCUT2D eigenvalue weighted by molar-refractivity contribution is 0.745. The molecule has 0 saturated heterocycles. The lowest BCUT2D eigenvalue weighted by atomic mass is 10.1. The first kappa shape index (κ1) is 17.7. The van der Waals surface area contributed by atoms with E-state index in [2.05, 4.69) is 21.4 Å². The van der Waals surface area contributed by atoms with Gasteiger partial charge in [-0.05, 0) is 54.8 Å². The van der Waals surface area contributed by atoms with E-state index in [1.807, 2.05) is 26.0 Å². The molecule has 2 heterocycles. The molecule has 0 radical (unpaired) electrons. The molecule has 0 aliphatic carbocycles. The molecule has 0 atom stereocenters. The maximum absolute atomic E-state index is 12.8. The Balaban J connectivity index is 1.79. The standard InChI is InChI=1S/C19H15Cl2N5O/c1-11-5-12(2)7-15(6-11)26-18-17(23-24-26)19(27)25(10-22-18)9-13-3-4-14(20)8-16(13)21/h3-8,10H,9H2,1-2H3. The van der Waals surface area contributed by atoms with Gasteiger partial charge in [-0.25, -0.2) is 4.98 Å². The van der Waals surface area contributed by atoms with Gasteiger partial charge in [0.1, 0.15) is 6.33 Å². The van der Waals surface area contributed by atoms with Crippen LogP contribution >= 0.6 is 23.2 Å². The Hall–Kier alpha value is -2.70. The summed E-state index contributed by atoms with van der Waals surface area (Å²) in [4.78, 5) is 17.2. The molecular formula is C19H15Cl2N5O. The summed E-state index contributed by atoms with van der Waals surface area (Å²) in [6, 6.07) is 11.2. The molecular weight excluding hydrogens is 385 g/mol. The van der Waals surface area contributed by atoms with Crippen LogP contribution in [0.4, 0.5) is 0 Å². The van der Waals surface area contributed by atoms with Crippen molar-refractivity contribution in [3.05, 3.63) is 79.8 Å². The highest BCUT2D eigenvalue weighted by Crippen LogP contribution is 2.22. The molecule has 0 unspecified atom stereocenters. The number of nitrogens with zero attached hydrogens (tertiary/aromatic N) is 5. The molecule has 0 bridgehead atoms. The topological polar surface area (TPSA) is 65.6 Å². The van der Waals surface area contributed by atoms with Crippen LogP contribution < -0.4 is 5.56 Å². The van der Waals surface area contributed by atoms with Gasteiger partial charge in [-0.2, -0.15) is 4.68 Å². The lowest BCUT2D eigenvalue weighted by Crippen LogP contribution is -2.21. The number of benzene rings is 2. The fourth-order valence-corrected chi connectivity index (χ4v) is 3.51. The van der Waals surface area contributed by atoms with Crippen LogP contribution in [0, 0.1) is 13.8 Å². The second kappa shape index (κ2) is 6.79. The van der Waals surface area contributed by atoms with Crippen LogP contribution in [0.2, 0.25) is 10.0 Å². The van der Waals surface area contributed by atoms with Crippen LogP contribution in [0.25, 0.3) is 16.9 Å². The molecule has 136 valence electrons. The molecule has 0 aliphatic heterocycles. The number of fused-ring (bicyclic) bond motifs is 1. The van der Waals surface area contributed by atoms with E-state index >= 15 is 0 Å². The van der Waals surface area contributed by atoms with Gasteiger partial charge in [0.15, 0.2) is 11.2 Å². The van der Waals surface area contributed by atoms with Crippen LogP contribution in [0.5, 0.6) is 0 Å². The van der Waals surface area contributed by atoms with Gasteiger partial charge >= 0.3 is 0 Å². The predicted molar refractivity (Wildman–Crippen MR) is 106 cm³/mol. The molecule has 6 nitrogen and oxygen atoms in total. The summed E-state index contributed by atoms with van der Waals surface area (Å²) in [6.45, 7) is 4.28. The van der Waals surface area contributed by atoms with E-state index < -0.39 is 0 Å². The zero-order valence-corrected chi connectivity index (χ0v) is 16.2. The molecule has 2 aromatic heterocycles. The first-order valence-corrected chi connectivity index (χ1v) is 9.01. The third kappa shape index (κ3) is 3.34. The summed E-state index contributed by atoms with van der Waals surface area (Å²) in [6.07, 6.45) is 1.48. The quantitative estimate of drug-likeness (QED) is 0.523. The van der Waals surface area contributed by atoms with Crippen molar-refractivity contribution in [2.75, 3.05) is 0 Å². The van der Waals surface area contributed by atoms with Gasteiger partial charge in [-0.15, -0.1) is 5.10 Å². The largest absolute Gasteiger partial charge is 0.293 e. The van der Waals surface area contributed by atoms with Crippen LogP contribution in [0.1, 0.15) is 16.7 Å². The number of halogens is 2. The van der Waals surface area contributed by atoms with Gasteiger partial charge in [-0.3, -0.25) is 9.36 Å². The van der Waals surface area contributed by atoms with Crippen molar-refractivity contribution in [1.29, 1.82) is 0 Å². The number of aromatic nitrogens is 5. The van der Waals surface area contributed by atoms with Gasteiger partial charge in [-0.1, -0.05) is 40.5 Å². The minimum Gasteiger partial charge on any atom is -0.293 e. The van der Waals surface area contributed by atoms with Gasteiger partial charge < -0.3 is 0 Å². The molecule has 0 fully saturated rings. The van der Waals surface area contributed by atoms with Crippen LogP contribution in [0.15, 0.2) is 47.5 Å². The van der Waals surface area contributed by atoms with Crippen molar-refractivity contribution in [1.82, 2.24) is 24.5 Å². The fraction of sp³-hybridized carbons (Fsp3) is 0.158. The van der Waals surface area contributed by atoms with Gasteiger partial charge in [0.2, 0.25) is 0 Å². The summed E-state index contributed by atoms with van der Waals surface area (Å²) in [5.41, 5.74) is 4.14. The Morgan fingerprint density at radius 1 is 1.04 bits per heavy atom. The van der Waals surface area contributed by atoms with E-state index in [9.17, 15) is 4.79 Å². The van der Waals surface area contributed by atoms with Crippen molar-refractivity contribution in [3.63, 3.8) is 0 Å². The Labute approximate surface area is 165 Å². The second-order valence-electron chi connectivity index (χ2n) is 6.43. The SMILES string of the molecule is Cc1cc(C)cc(-n2nnc3c(=O)n(Cc4ccc(Cl)cc4Cl)cnc32)c1. The maximum atomic E-state index is 12.8. The Morgan fingerprint density at radius 3 is 2.48 bits per heavy atom. The monoisotopic (exact) mass is 399 g/mol. The molecule has 8 heteroatoms. The molecule has 2 aromatic carbocycles. The van der Waals surface area contributed by atoms with Gasteiger partial charge in [0, 0.05) is 10.0 Å². The summed E-state index contributed by atoms with van der Waals surface area (Å²) < 4.78 is 3.04. The lowest BCUT2D eigenvalue weighted by Gasteiger charge is -2.08. The molecule has 4 rings (SSSR count). The van der Waals surface area contributed by atoms with E-state index in [1.54, 1.807) is 22.9 Å². The van der Waals surface area contributed by atoms with E-state index in [0.29, 0.717) is 15.7 Å². The number of hydrogen-bond donors (Lipinski definition) is 0. The van der Waals surface area contributed by atoms with E-state index in [0.717, 1.165) is 22.4 Å². The molecule has 0 amide bonds. The molecule has 4 aromatic rings. The van der Waals surface area contributed by atoms with E-state index in [4.69, 9.17) is 23.2 Å². The zero-order chi connectivity index (χ0) is 19.1. The third-order valence-corrected chi connectivity index (χ3v) is 4.82. The van der Waals surface area contributed by atoms with Crippen LogP contribution in [0.3, 0.4) is 0 Å². The molecule has 0 spiro atoms. The summed E-state index contributed by atoms with van der Waals surface area (Å²) in [7, 11) is 0. The van der Waals surface area contributed by atoms with Crippen LogP contribution in [-0.2, 0) is 6.54 Å². The average Bonchev–Trinajstić information content (AvgIpc) is 3.03. The van der Waals surface area contributed by atoms with Crippen molar-refractivity contribution in [2.45, 2.75) is 20.4 Å². The molecule has 0 aliphatic rings. The molecule has 27 heavy (non-hydrogen) atoms. The number of hydrogen-bond acceptors (Lipinski definition) is 4. The Bertz CT molecular complexity index is 1210. The minimum absolute atomic E-state index is 0.210. The number of aryl methyl sites for hydroxylation is 2.